The first-order valence-corrected chi connectivity index (χ1v) is 10.5. The van der Waals surface area contributed by atoms with E-state index in [2.05, 4.69) is 11.0 Å². The maximum absolute atomic E-state index is 12.9. The lowest BCUT2D eigenvalue weighted by molar-refractivity contribution is -0.130. The molecule has 7 heteroatoms. The summed E-state index contributed by atoms with van der Waals surface area (Å²) in [6.45, 7) is 4.98. The number of amides is 1. The molecule has 28 heavy (non-hydrogen) atoms. The monoisotopic (exact) mass is 420 g/mol. The number of thioether (sulfide) groups is 1. The van der Waals surface area contributed by atoms with E-state index in [1.54, 1.807) is 14.2 Å². The molecule has 1 amide bonds. The van der Waals surface area contributed by atoms with Crippen LogP contribution in [-0.2, 0) is 4.79 Å². The van der Waals surface area contributed by atoms with E-state index in [1.165, 1.54) is 11.8 Å². The zero-order valence-electron chi connectivity index (χ0n) is 16.4. The number of hydrogen-bond donors (Lipinski definition) is 0. The number of halogens is 1. The van der Waals surface area contributed by atoms with Crippen LogP contribution in [0.3, 0.4) is 0 Å². The summed E-state index contributed by atoms with van der Waals surface area (Å²) in [4.78, 5) is 18.1. The predicted molar refractivity (Wildman–Crippen MR) is 115 cm³/mol. The van der Waals surface area contributed by atoms with E-state index in [0.29, 0.717) is 24.6 Å². The molecule has 0 aliphatic carbocycles. The lowest BCUT2D eigenvalue weighted by Crippen LogP contribution is -2.50. The molecule has 0 N–H and O–H groups in total. The van der Waals surface area contributed by atoms with Crippen molar-refractivity contribution in [3.05, 3.63) is 47.5 Å². The van der Waals surface area contributed by atoms with E-state index >= 15 is 0 Å². The topological polar surface area (TPSA) is 42.0 Å². The van der Waals surface area contributed by atoms with E-state index in [4.69, 9.17) is 21.1 Å². The van der Waals surface area contributed by atoms with Crippen LogP contribution in [-0.4, -0.2) is 56.5 Å². The van der Waals surface area contributed by atoms with E-state index < -0.39 is 0 Å². The molecule has 5 nitrogen and oxygen atoms in total. The van der Waals surface area contributed by atoms with Crippen molar-refractivity contribution < 1.29 is 14.3 Å². The highest BCUT2D eigenvalue weighted by molar-refractivity contribution is 8.00. The molecule has 2 aromatic rings. The average molecular weight is 421 g/mol. The Bertz CT molecular complexity index is 825. The third-order valence-corrected chi connectivity index (χ3v) is 6.10. The Balaban J connectivity index is 1.57. The van der Waals surface area contributed by atoms with Crippen LogP contribution in [0.4, 0.5) is 5.69 Å². The summed E-state index contributed by atoms with van der Waals surface area (Å²) < 4.78 is 10.6. The van der Waals surface area contributed by atoms with Crippen molar-refractivity contribution in [1.82, 2.24) is 4.90 Å². The summed E-state index contributed by atoms with van der Waals surface area (Å²) >= 11 is 7.63. The van der Waals surface area contributed by atoms with Crippen molar-refractivity contribution in [1.29, 1.82) is 0 Å². The van der Waals surface area contributed by atoms with Gasteiger partial charge in [0.2, 0.25) is 5.91 Å². The Morgan fingerprint density at radius 3 is 2.39 bits per heavy atom. The second-order valence-electron chi connectivity index (χ2n) is 6.57. The number of anilines is 1. The maximum atomic E-state index is 12.9. The maximum Gasteiger partial charge on any atom is 0.235 e. The molecule has 0 unspecified atom stereocenters. The zero-order chi connectivity index (χ0) is 20.1. The number of ether oxygens (including phenoxy) is 2. The summed E-state index contributed by atoms with van der Waals surface area (Å²) in [5.74, 6) is 1.51. The Morgan fingerprint density at radius 2 is 1.75 bits per heavy atom. The van der Waals surface area contributed by atoms with E-state index in [0.717, 1.165) is 28.7 Å². The fraction of sp³-hybridized carbons (Fsp3) is 0.381. The molecule has 0 spiro atoms. The summed E-state index contributed by atoms with van der Waals surface area (Å²) in [7, 11) is 3.22. The summed E-state index contributed by atoms with van der Waals surface area (Å²) in [5, 5.41) is 0.562. The molecule has 1 aliphatic rings. The van der Waals surface area contributed by atoms with E-state index in [-0.39, 0.29) is 11.2 Å². The van der Waals surface area contributed by atoms with Crippen molar-refractivity contribution in [2.24, 2.45) is 0 Å². The third-order valence-electron chi connectivity index (χ3n) is 4.78. The van der Waals surface area contributed by atoms with Crippen LogP contribution in [0.5, 0.6) is 11.5 Å². The first kappa shape index (κ1) is 20.7. The number of carbonyl (C=O) groups is 1. The van der Waals surface area contributed by atoms with Gasteiger partial charge in [0.25, 0.3) is 0 Å². The standard InChI is InChI=1S/C21H25ClN2O3S/c1-15(28-18-7-8-19(26-2)20(14-18)27-3)21(25)24-11-9-23(10-12-24)17-6-4-5-16(22)13-17/h4-8,13-15H,9-12H2,1-3H3/t15-/m1/s1. The van der Waals surface area contributed by atoms with Gasteiger partial charge in [0.15, 0.2) is 11.5 Å². The molecular weight excluding hydrogens is 396 g/mol. The van der Waals surface area contributed by atoms with Gasteiger partial charge < -0.3 is 19.3 Å². The normalized spacial score (nSPS) is 15.3. The van der Waals surface area contributed by atoms with E-state index in [9.17, 15) is 4.79 Å². The molecule has 2 aromatic carbocycles. The van der Waals surface area contributed by atoms with Gasteiger partial charge in [-0.25, -0.2) is 0 Å². The molecule has 0 aromatic heterocycles. The predicted octanol–water partition coefficient (Wildman–Crippen LogP) is 4.19. The van der Waals surface area contributed by atoms with Crippen molar-refractivity contribution in [3.63, 3.8) is 0 Å². The van der Waals surface area contributed by atoms with Crippen molar-refractivity contribution in [2.45, 2.75) is 17.1 Å². The van der Waals surface area contributed by atoms with Crippen molar-refractivity contribution in [2.75, 3.05) is 45.3 Å². The largest absolute Gasteiger partial charge is 0.493 e. The Morgan fingerprint density at radius 1 is 1.04 bits per heavy atom. The molecule has 0 bridgehead atoms. The number of rotatable bonds is 6. The molecule has 1 saturated heterocycles. The second-order valence-corrected chi connectivity index (χ2v) is 8.42. The number of nitrogens with zero attached hydrogens (tertiary/aromatic N) is 2. The van der Waals surface area contributed by atoms with E-state index in [1.807, 2.05) is 48.2 Å². The molecule has 150 valence electrons. The molecule has 0 radical (unpaired) electrons. The molecular formula is C21H25ClN2O3S. The van der Waals surface area contributed by atoms with Gasteiger partial charge in [0.1, 0.15) is 0 Å². The average Bonchev–Trinajstić information content (AvgIpc) is 2.73. The van der Waals surface area contributed by atoms with Gasteiger partial charge in [-0.3, -0.25) is 4.79 Å². The molecule has 3 rings (SSSR count). The highest BCUT2D eigenvalue weighted by atomic mass is 35.5. The zero-order valence-corrected chi connectivity index (χ0v) is 17.9. The van der Waals surface area contributed by atoms with Crippen LogP contribution in [0.1, 0.15) is 6.92 Å². The number of benzene rings is 2. The third kappa shape index (κ3) is 4.86. The van der Waals surface area contributed by atoms with Gasteiger partial charge >= 0.3 is 0 Å². The van der Waals surface area contributed by atoms with Gasteiger partial charge in [-0.05, 0) is 43.3 Å². The van der Waals surface area contributed by atoms with Gasteiger partial charge in [-0.2, -0.15) is 0 Å². The minimum Gasteiger partial charge on any atom is -0.493 e. The fourth-order valence-corrected chi connectivity index (χ4v) is 4.42. The quantitative estimate of drug-likeness (QED) is 0.655. The van der Waals surface area contributed by atoms with Crippen LogP contribution < -0.4 is 14.4 Å². The Kier molecular flexibility index (Phi) is 6.97. The van der Waals surface area contributed by atoms with Crippen molar-refractivity contribution in [3.8, 4) is 11.5 Å². The molecule has 1 heterocycles. The lowest BCUT2D eigenvalue weighted by Gasteiger charge is -2.37. The minimum absolute atomic E-state index is 0.158. The molecule has 1 fully saturated rings. The van der Waals surface area contributed by atoms with Crippen LogP contribution >= 0.6 is 23.4 Å². The second kappa shape index (κ2) is 9.43. The summed E-state index contributed by atoms with van der Waals surface area (Å²) in [6.07, 6.45) is 0. The molecule has 0 saturated carbocycles. The molecule has 1 aliphatic heterocycles. The van der Waals surface area contributed by atoms with Crippen LogP contribution in [0, 0.1) is 0 Å². The summed E-state index contributed by atoms with van der Waals surface area (Å²) in [5.41, 5.74) is 1.10. The highest BCUT2D eigenvalue weighted by Gasteiger charge is 2.26. The number of methoxy groups -OCH3 is 2. The lowest BCUT2D eigenvalue weighted by atomic mass is 10.2. The van der Waals surface area contributed by atoms with Crippen LogP contribution in [0.2, 0.25) is 5.02 Å². The Hall–Kier alpha value is -2.05. The number of piperazine rings is 1. The molecule has 1 atom stereocenters. The van der Waals surface area contributed by atoms with Crippen LogP contribution in [0.25, 0.3) is 0 Å². The highest BCUT2D eigenvalue weighted by Crippen LogP contribution is 2.34. The SMILES string of the molecule is COc1ccc(S[C@H](C)C(=O)N2CCN(c3cccc(Cl)c3)CC2)cc1OC. The minimum atomic E-state index is -0.171. The van der Waals surface area contributed by atoms with Gasteiger partial charge in [0, 0.05) is 41.8 Å². The first-order valence-electron chi connectivity index (χ1n) is 9.20. The van der Waals surface area contributed by atoms with Gasteiger partial charge in [-0.15, -0.1) is 11.8 Å². The number of hydrogen-bond acceptors (Lipinski definition) is 5. The smallest absolute Gasteiger partial charge is 0.235 e. The number of carbonyl (C=O) groups excluding carboxylic acids is 1. The van der Waals surface area contributed by atoms with Crippen molar-refractivity contribution >= 4 is 35.0 Å². The fourth-order valence-electron chi connectivity index (χ4n) is 3.26. The Labute approximate surface area is 175 Å². The first-order chi connectivity index (χ1) is 13.5. The summed E-state index contributed by atoms with van der Waals surface area (Å²) in [6, 6.07) is 13.6. The van der Waals surface area contributed by atoms with Gasteiger partial charge in [-0.1, -0.05) is 17.7 Å². The van der Waals surface area contributed by atoms with Gasteiger partial charge in [0.05, 0.1) is 19.5 Å². The van der Waals surface area contributed by atoms with Crippen LogP contribution in [0.15, 0.2) is 47.4 Å².